The number of fused-ring (bicyclic) bond motifs is 1. The molecule has 3 heteroatoms. The summed E-state index contributed by atoms with van der Waals surface area (Å²) < 4.78 is 0. The zero-order chi connectivity index (χ0) is 8.55. The van der Waals surface area contributed by atoms with Crippen LogP contribution in [-0.4, -0.2) is 10.1 Å². The van der Waals surface area contributed by atoms with E-state index in [4.69, 9.17) is 16.7 Å². The molecule has 0 radical (unpaired) electrons. The third-order valence-electron chi connectivity index (χ3n) is 1.81. The first kappa shape index (κ1) is 7.65. The zero-order valence-electron chi connectivity index (χ0n) is 6.34. The molecule has 0 bridgehead atoms. The lowest BCUT2D eigenvalue weighted by molar-refractivity contribution is 0.278. The second-order valence-electron chi connectivity index (χ2n) is 2.68. The number of benzene rings is 1. The van der Waals surface area contributed by atoms with Crippen LogP contribution < -0.4 is 0 Å². The predicted octanol–water partition coefficient (Wildman–Crippen LogP) is 2.31. The lowest BCUT2D eigenvalue weighted by Gasteiger charge is -1.89. The summed E-state index contributed by atoms with van der Waals surface area (Å²) in [5.74, 6) is 0. The third kappa shape index (κ3) is 1.19. The minimum atomic E-state index is 0.0340. The Morgan fingerprint density at radius 2 is 2.17 bits per heavy atom. The highest BCUT2D eigenvalue weighted by atomic mass is 35.5. The number of H-pyrrole nitrogens is 1. The molecule has 2 rings (SSSR count). The molecule has 0 saturated heterocycles. The number of aliphatic hydroxyl groups is 1. The van der Waals surface area contributed by atoms with E-state index in [1.807, 2.05) is 24.3 Å². The van der Waals surface area contributed by atoms with Crippen molar-refractivity contribution in [3.05, 3.63) is 35.0 Å². The first-order valence-electron chi connectivity index (χ1n) is 3.67. The standard InChI is InChI=1S/C9H8ClNO/c10-7-2-1-6-3-8(5-12)11-9(6)4-7/h1-4,11-12H,5H2. The Hall–Kier alpha value is -0.990. The molecule has 1 aromatic carbocycles. The largest absolute Gasteiger partial charge is 0.390 e. The third-order valence-corrected chi connectivity index (χ3v) is 2.05. The first-order chi connectivity index (χ1) is 5.79. The van der Waals surface area contributed by atoms with E-state index in [0.29, 0.717) is 5.02 Å². The van der Waals surface area contributed by atoms with E-state index < -0.39 is 0 Å². The fraction of sp³-hybridized carbons (Fsp3) is 0.111. The summed E-state index contributed by atoms with van der Waals surface area (Å²) in [7, 11) is 0. The van der Waals surface area contributed by atoms with Crippen LogP contribution in [-0.2, 0) is 6.61 Å². The molecule has 2 aromatic rings. The van der Waals surface area contributed by atoms with E-state index in [1.54, 1.807) is 0 Å². The predicted molar refractivity (Wildman–Crippen MR) is 49.2 cm³/mol. The molecule has 0 aliphatic rings. The van der Waals surface area contributed by atoms with E-state index in [2.05, 4.69) is 4.98 Å². The molecule has 12 heavy (non-hydrogen) atoms. The van der Waals surface area contributed by atoms with Crippen molar-refractivity contribution < 1.29 is 5.11 Å². The molecule has 0 atom stereocenters. The number of hydrogen-bond acceptors (Lipinski definition) is 1. The Labute approximate surface area is 74.8 Å². The van der Waals surface area contributed by atoms with Crippen molar-refractivity contribution in [2.75, 3.05) is 0 Å². The summed E-state index contributed by atoms with van der Waals surface area (Å²) >= 11 is 5.79. The number of halogens is 1. The molecule has 0 fully saturated rings. The monoisotopic (exact) mass is 181 g/mol. The van der Waals surface area contributed by atoms with Crippen LogP contribution in [0.1, 0.15) is 5.69 Å². The highest BCUT2D eigenvalue weighted by Gasteiger charge is 1.99. The van der Waals surface area contributed by atoms with E-state index in [9.17, 15) is 0 Å². The van der Waals surface area contributed by atoms with Crippen molar-refractivity contribution in [2.45, 2.75) is 6.61 Å². The number of aliphatic hydroxyl groups excluding tert-OH is 1. The van der Waals surface area contributed by atoms with E-state index in [-0.39, 0.29) is 6.61 Å². The molecular formula is C9H8ClNO. The first-order valence-corrected chi connectivity index (χ1v) is 4.05. The summed E-state index contributed by atoms with van der Waals surface area (Å²) in [5, 5.41) is 10.6. The van der Waals surface area contributed by atoms with Gasteiger partial charge < -0.3 is 10.1 Å². The van der Waals surface area contributed by atoms with Crippen molar-refractivity contribution in [3.8, 4) is 0 Å². The molecule has 0 unspecified atom stereocenters. The van der Waals surface area contributed by atoms with Gasteiger partial charge in [-0.25, -0.2) is 0 Å². The van der Waals surface area contributed by atoms with Crippen LogP contribution in [0.3, 0.4) is 0 Å². The summed E-state index contributed by atoms with van der Waals surface area (Å²) in [4.78, 5) is 3.05. The van der Waals surface area contributed by atoms with Crippen LogP contribution in [0.4, 0.5) is 0 Å². The topological polar surface area (TPSA) is 36.0 Å². The van der Waals surface area contributed by atoms with Crippen LogP contribution in [0, 0.1) is 0 Å². The maximum atomic E-state index is 8.84. The summed E-state index contributed by atoms with van der Waals surface area (Å²) in [6, 6.07) is 7.51. The van der Waals surface area contributed by atoms with Crippen LogP contribution in [0.5, 0.6) is 0 Å². The van der Waals surface area contributed by atoms with E-state index in [1.165, 1.54) is 0 Å². The number of aromatic nitrogens is 1. The van der Waals surface area contributed by atoms with Crippen molar-refractivity contribution in [1.29, 1.82) is 0 Å². The van der Waals surface area contributed by atoms with E-state index >= 15 is 0 Å². The molecule has 0 spiro atoms. The summed E-state index contributed by atoms with van der Waals surface area (Å²) in [6.07, 6.45) is 0. The molecule has 1 heterocycles. The molecule has 0 amide bonds. The van der Waals surface area contributed by atoms with Crippen molar-refractivity contribution in [2.24, 2.45) is 0 Å². The molecule has 1 aromatic heterocycles. The van der Waals surface area contributed by atoms with Gasteiger partial charge in [-0.2, -0.15) is 0 Å². The van der Waals surface area contributed by atoms with Gasteiger partial charge in [-0.05, 0) is 23.6 Å². The molecule has 2 N–H and O–H groups in total. The van der Waals surface area contributed by atoms with Gasteiger partial charge in [-0.1, -0.05) is 17.7 Å². The fourth-order valence-corrected chi connectivity index (χ4v) is 1.42. The van der Waals surface area contributed by atoms with Gasteiger partial charge in [0.2, 0.25) is 0 Å². The van der Waals surface area contributed by atoms with Crippen LogP contribution in [0.15, 0.2) is 24.3 Å². The van der Waals surface area contributed by atoms with Gasteiger partial charge in [0.15, 0.2) is 0 Å². The van der Waals surface area contributed by atoms with Crippen molar-refractivity contribution >= 4 is 22.5 Å². The Kier molecular flexibility index (Phi) is 1.79. The van der Waals surface area contributed by atoms with Gasteiger partial charge in [-0.3, -0.25) is 0 Å². The molecule has 0 aliphatic heterocycles. The minimum absolute atomic E-state index is 0.0340. The minimum Gasteiger partial charge on any atom is -0.390 e. The van der Waals surface area contributed by atoms with Gasteiger partial charge >= 0.3 is 0 Å². The smallest absolute Gasteiger partial charge is 0.0831 e. The maximum Gasteiger partial charge on any atom is 0.0831 e. The SMILES string of the molecule is OCc1cc2ccc(Cl)cc2[nH]1. The van der Waals surface area contributed by atoms with Gasteiger partial charge in [0.05, 0.1) is 6.61 Å². The van der Waals surface area contributed by atoms with Gasteiger partial charge in [0, 0.05) is 16.2 Å². The fourth-order valence-electron chi connectivity index (χ4n) is 1.24. The van der Waals surface area contributed by atoms with Crippen LogP contribution >= 0.6 is 11.6 Å². The van der Waals surface area contributed by atoms with Crippen LogP contribution in [0.25, 0.3) is 10.9 Å². The lowest BCUT2D eigenvalue weighted by Crippen LogP contribution is -1.78. The maximum absolute atomic E-state index is 8.84. The molecule has 0 aliphatic carbocycles. The highest BCUT2D eigenvalue weighted by Crippen LogP contribution is 2.19. The Bertz CT molecular complexity index is 408. The average molecular weight is 182 g/mol. The second-order valence-corrected chi connectivity index (χ2v) is 3.12. The lowest BCUT2D eigenvalue weighted by atomic mass is 10.2. The normalized spacial score (nSPS) is 10.8. The Balaban J connectivity index is 2.67. The summed E-state index contributed by atoms with van der Waals surface area (Å²) in [5.41, 5.74) is 1.78. The zero-order valence-corrected chi connectivity index (χ0v) is 7.10. The molecule has 0 saturated carbocycles. The Morgan fingerprint density at radius 1 is 1.33 bits per heavy atom. The van der Waals surface area contributed by atoms with Gasteiger partial charge in [0.25, 0.3) is 0 Å². The Morgan fingerprint density at radius 3 is 2.92 bits per heavy atom. The van der Waals surface area contributed by atoms with Gasteiger partial charge in [0.1, 0.15) is 0 Å². The molecule has 62 valence electrons. The number of hydrogen-bond donors (Lipinski definition) is 2. The van der Waals surface area contributed by atoms with E-state index in [0.717, 1.165) is 16.6 Å². The highest BCUT2D eigenvalue weighted by molar-refractivity contribution is 6.31. The molecule has 2 nitrogen and oxygen atoms in total. The van der Waals surface area contributed by atoms with Crippen molar-refractivity contribution in [3.63, 3.8) is 0 Å². The number of rotatable bonds is 1. The second kappa shape index (κ2) is 2.81. The number of aromatic amines is 1. The van der Waals surface area contributed by atoms with Gasteiger partial charge in [-0.15, -0.1) is 0 Å². The van der Waals surface area contributed by atoms with Crippen molar-refractivity contribution in [1.82, 2.24) is 4.98 Å². The number of nitrogens with one attached hydrogen (secondary N) is 1. The summed E-state index contributed by atoms with van der Waals surface area (Å²) in [6.45, 7) is 0.0340. The quantitative estimate of drug-likeness (QED) is 0.696. The van der Waals surface area contributed by atoms with Crippen LogP contribution in [0.2, 0.25) is 5.02 Å². The average Bonchev–Trinajstić information content (AvgIpc) is 2.46. The molecular weight excluding hydrogens is 174 g/mol.